The van der Waals surface area contributed by atoms with Crippen molar-refractivity contribution in [1.82, 2.24) is 10.2 Å². The van der Waals surface area contributed by atoms with Gasteiger partial charge >= 0.3 is 5.97 Å². The van der Waals surface area contributed by atoms with Gasteiger partial charge in [-0.05, 0) is 49.3 Å². The third-order valence-electron chi connectivity index (χ3n) is 5.77. The zero-order valence-corrected chi connectivity index (χ0v) is 17.2. The minimum Gasteiger partial charge on any atom is -0.480 e. The predicted molar refractivity (Wildman–Crippen MR) is 110 cm³/mol. The van der Waals surface area contributed by atoms with E-state index in [4.69, 9.17) is 0 Å². The van der Waals surface area contributed by atoms with Gasteiger partial charge in [-0.1, -0.05) is 25.0 Å². The molecule has 29 heavy (non-hydrogen) atoms. The molecule has 156 valence electrons. The Bertz CT molecular complexity index is 777. The zero-order valence-electron chi connectivity index (χ0n) is 16.4. The van der Waals surface area contributed by atoms with Crippen molar-refractivity contribution in [3.8, 4) is 0 Å². The number of nitrogens with one attached hydrogen (secondary N) is 1. The molecule has 1 fully saturated rings. The summed E-state index contributed by atoms with van der Waals surface area (Å²) >= 11 is 1.53. The Hall–Kier alpha value is -2.35. The molecular weight excluding hydrogens is 392 g/mol. The van der Waals surface area contributed by atoms with Crippen LogP contribution in [0.15, 0.2) is 24.3 Å². The second kappa shape index (κ2) is 9.43. The minimum atomic E-state index is -1.04. The first-order valence-corrected chi connectivity index (χ1v) is 11.3. The maximum absolute atomic E-state index is 12.9. The number of amides is 3. The zero-order chi connectivity index (χ0) is 21.0. The maximum atomic E-state index is 12.9. The number of fused-ring (bicyclic) bond motifs is 1. The first kappa shape index (κ1) is 21.4. The van der Waals surface area contributed by atoms with Gasteiger partial charge in [0.1, 0.15) is 6.04 Å². The monoisotopic (exact) mass is 418 g/mol. The molecule has 1 heterocycles. The molecule has 3 amide bonds. The average Bonchev–Trinajstić information content (AvgIpc) is 2.96. The van der Waals surface area contributed by atoms with Gasteiger partial charge < -0.3 is 10.4 Å². The number of imide groups is 1. The highest BCUT2D eigenvalue weighted by Crippen LogP contribution is 2.33. The smallest absolute Gasteiger partial charge is 0.326 e. The normalized spacial score (nSPS) is 22.3. The highest BCUT2D eigenvalue weighted by molar-refractivity contribution is 7.98. The molecule has 0 spiro atoms. The van der Waals surface area contributed by atoms with Crippen LogP contribution in [0, 0.1) is 11.8 Å². The number of nitrogens with zero attached hydrogens (tertiary/aromatic N) is 1. The fourth-order valence-corrected chi connectivity index (χ4v) is 4.65. The van der Waals surface area contributed by atoms with Crippen LogP contribution < -0.4 is 5.32 Å². The third-order valence-corrected chi connectivity index (χ3v) is 6.41. The van der Waals surface area contributed by atoms with Crippen LogP contribution in [0.2, 0.25) is 0 Å². The van der Waals surface area contributed by atoms with Crippen LogP contribution in [0.5, 0.6) is 0 Å². The fraction of sp³-hybridized carbons (Fsp3) is 0.524. The van der Waals surface area contributed by atoms with E-state index in [9.17, 15) is 24.3 Å². The fourth-order valence-electron chi connectivity index (χ4n) is 4.18. The van der Waals surface area contributed by atoms with Crippen LogP contribution in [0.1, 0.15) is 52.8 Å². The summed E-state index contributed by atoms with van der Waals surface area (Å²) in [5.74, 6) is -1.90. The third kappa shape index (κ3) is 4.63. The summed E-state index contributed by atoms with van der Waals surface area (Å²) in [6.07, 6.45) is 5.41. The van der Waals surface area contributed by atoms with Crippen molar-refractivity contribution >= 4 is 35.5 Å². The summed E-state index contributed by atoms with van der Waals surface area (Å²) in [6, 6.07) is 5.82. The Balaban J connectivity index is 1.70. The van der Waals surface area contributed by atoms with E-state index < -0.39 is 17.9 Å². The lowest BCUT2D eigenvalue weighted by Crippen LogP contribution is -2.48. The van der Waals surface area contributed by atoms with Gasteiger partial charge in [0.2, 0.25) is 5.91 Å². The first-order valence-electron chi connectivity index (χ1n) is 9.91. The molecule has 1 aromatic carbocycles. The van der Waals surface area contributed by atoms with E-state index in [0.29, 0.717) is 29.7 Å². The van der Waals surface area contributed by atoms with Crippen LogP contribution >= 0.6 is 11.8 Å². The molecule has 1 saturated carbocycles. The van der Waals surface area contributed by atoms with Crippen LogP contribution in [-0.2, 0) is 9.59 Å². The molecule has 2 aliphatic rings. The molecule has 3 unspecified atom stereocenters. The lowest BCUT2D eigenvalue weighted by molar-refractivity contribution is -0.143. The van der Waals surface area contributed by atoms with E-state index in [1.807, 2.05) is 6.26 Å². The van der Waals surface area contributed by atoms with Gasteiger partial charge in [0, 0.05) is 12.5 Å². The number of thioether (sulfide) groups is 1. The molecule has 3 atom stereocenters. The van der Waals surface area contributed by atoms with Crippen molar-refractivity contribution in [2.75, 3.05) is 18.6 Å². The van der Waals surface area contributed by atoms with E-state index in [2.05, 4.69) is 5.32 Å². The highest BCUT2D eigenvalue weighted by atomic mass is 32.2. The number of carbonyl (C=O) groups is 4. The first-order chi connectivity index (χ1) is 13.9. The van der Waals surface area contributed by atoms with Crippen molar-refractivity contribution in [3.63, 3.8) is 0 Å². The van der Waals surface area contributed by atoms with E-state index in [1.54, 1.807) is 24.3 Å². The largest absolute Gasteiger partial charge is 0.480 e. The Morgan fingerprint density at radius 1 is 1.17 bits per heavy atom. The van der Waals surface area contributed by atoms with Crippen molar-refractivity contribution in [2.45, 2.75) is 38.1 Å². The number of carbonyl (C=O) groups excluding carboxylic acids is 3. The summed E-state index contributed by atoms with van der Waals surface area (Å²) in [5.41, 5.74) is 0.801. The second-order valence-corrected chi connectivity index (χ2v) is 8.58. The molecule has 1 aliphatic carbocycles. The van der Waals surface area contributed by atoms with Crippen LogP contribution in [0.4, 0.5) is 0 Å². The molecule has 1 aliphatic heterocycles. The lowest BCUT2D eigenvalue weighted by Gasteiger charge is -2.33. The van der Waals surface area contributed by atoms with Crippen molar-refractivity contribution < 1.29 is 24.3 Å². The molecular formula is C21H26N2O5S. The molecule has 3 rings (SSSR count). The SMILES string of the molecule is CSCCC(NC(=O)C1CCCCC1CN1C(=O)c2ccccc2C1=O)C(=O)O. The quantitative estimate of drug-likeness (QED) is 0.629. The summed E-state index contributed by atoms with van der Waals surface area (Å²) in [4.78, 5) is 50.9. The highest BCUT2D eigenvalue weighted by Gasteiger charge is 2.40. The van der Waals surface area contributed by atoms with Gasteiger partial charge in [-0.25, -0.2) is 4.79 Å². The lowest BCUT2D eigenvalue weighted by atomic mass is 9.78. The van der Waals surface area contributed by atoms with E-state index in [-0.39, 0.29) is 30.2 Å². The number of hydrogen-bond donors (Lipinski definition) is 2. The molecule has 2 N–H and O–H groups in total. The van der Waals surface area contributed by atoms with E-state index in [1.165, 1.54) is 16.7 Å². The minimum absolute atomic E-state index is 0.166. The van der Waals surface area contributed by atoms with Gasteiger partial charge in [0.15, 0.2) is 0 Å². The maximum Gasteiger partial charge on any atom is 0.326 e. The van der Waals surface area contributed by atoms with Crippen LogP contribution in [-0.4, -0.2) is 58.3 Å². The summed E-state index contributed by atoms with van der Waals surface area (Å²) < 4.78 is 0. The van der Waals surface area contributed by atoms with Crippen molar-refractivity contribution in [3.05, 3.63) is 35.4 Å². The molecule has 7 nitrogen and oxygen atoms in total. The molecule has 8 heteroatoms. The Kier molecular flexibility index (Phi) is 6.95. The average molecular weight is 419 g/mol. The number of benzene rings is 1. The van der Waals surface area contributed by atoms with Crippen LogP contribution in [0.25, 0.3) is 0 Å². The Morgan fingerprint density at radius 2 is 1.79 bits per heavy atom. The molecule has 1 aromatic rings. The predicted octanol–water partition coefficient (Wildman–Crippen LogP) is 2.41. The van der Waals surface area contributed by atoms with Gasteiger partial charge in [0.05, 0.1) is 11.1 Å². The van der Waals surface area contributed by atoms with Gasteiger partial charge in [0.25, 0.3) is 11.8 Å². The number of carboxylic acids is 1. The number of aliphatic carboxylic acids is 1. The van der Waals surface area contributed by atoms with Crippen molar-refractivity contribution in [2.24, 2.45) is 11.8 Å². The molecule has 0 aromatic heterocycles. The topological polar surface area (TPSA) is 104 Å². The number of rotatable bonds is 8. The second-order valence-electron chi connectivity index (χ2n) is 7.60. The summed E-state index contributed by atoms with van der Waals surface area (Å²) in [6.45, 7) is 0.187. The van der Waals surface area contributed by atoms with Crippen molar-refractivity contribution in [1.29, 1.82) is 0 Å². The Labute approximate surface area is 174 Å². The number of hydrogen-bond acceptors (Lipinski definition) is 5. The molecule has 0 radical (unpaired) electrons. The Morgan fingerprint density at radius 3 is 2.38 bits per heavy atom. The van der Waals surface area contributed by atoms with Gasteiger partial charge in [-0.2, -0.15) is 11.8 Å². The van der Waals surface area contributed by atoms with E-state index >= 15 is 0 Å². The van der Waals surface area contributed by atoms with E-state index in [0.717, 1.165) is 19.3 Å². The molecule has 0 bridgehead atoms. The van der Waals surface area contributed by atoms with Gasteiger partial charge in [-0.15, -0.1) is 0 Å². The number of carboxylic acid groups (broad SMARTS) is 1. The van der Waals surface area contributed by atoms with Crippen LogP contribution in [0.3, 0.4) is 0 Å². The summed E-state index contributed by atoms with van der Waals surface area (Å²) in [5, 5.41) is 12.1. The standard InChI is InChI=1S/C21H26N2O5S/c1-29-11-10-17(21(27)28)22-18(24)14-7-3-2-6-13(14)12-23-19(25)15-8-4-5-9-16(15)20(23)26/h4-5,8-9,13-14,17H,2-3,6-7,10-12H2,1H3,(H,22,24)(H,27,28). The molecule has 0 saturated heterocycles. The summed E-state index contributed by atoms with van der Waals surface area (Å²) in [7, 11) is 0. The van der Waals surface area contributed by atoms with Gasteiger partial charge in [-0.3, -0.25) is 19.3 Å².